The zero-order valence-electron chi connectivity index (χ0n) is 5.45. The number of pyridine rings is 1. The van der Waals surface area contributed by atoms with Crippen LogP contribution in [-0.4, -0.2) is 4.98 Å². The molecule has 0 saturated carbocycles. The van der Waals surface area contributed by atoms with Crippen molar-refractivity contribution >= 4 is 11.9 Å². The zero-order chi connectivity index (χ0) is 7.40. The first-order valence-corrected chi connectivity index (χ1v) is 3.77. The van der Waals surface area contributed by atoms with Crippen molar-refractivity contribution in [1.29, 1.82) is 0 Å². The predicted octanol–water partition coefficient (Wildman–Crippen LogP) is 0.506. The van der Waals surface area contributed by atoms with Crippen LogP contribution in [0.15, 0.2) is 23.2 Å². The molecule has 0 aliphatic heterocycles. The Bertz CT molecular complexity index is 195. The van der Waals surface area contributed by atoms with Crippen LogP contribution >= 0.6 is 11.9 Å². The van der Waals surface area contributed by atoms with E-state index in [4.69, 9.17) is 10.9 Å². The van der Waals surface area contributed by atoms with Gasteiger partial charge in [0.25, 0.3) is 0 Å². The number of aromatic nitrogens is 1. The summed E-state index contributed by atoms with van der Waals surface area (Å²) in [5.41, 5.74) is 6.23. The second kappa shape index (κ2) is 3.55. The second-order valence-corrected chi connectivity index (χ2v) is 2.44. The van der Waals surface area contributed by atoms with Gasteiger partial charge in [-0.2, -0.15) is 0 Å². The molecule has 3 nitrogen and oxygen atoms in total. The molecule has 1 heterocycles. The lowest BCUT2D eigenvalue weighted by Gasteiger charge is -1.96. The Morgan fingerprint density at radius 3 is 2.90 bits per heavy atom. The Kier molecular flexibility index (Phi) is 2.68. The van der Waals surface area contributed by atoms with Crippen LogP contribution < -0.4 is 10.9 Å². The van der Waals surface area contributed by atoms with E-state index < -0.39 is 0 Å². The molecular formula is C6H9N3S. The fraction of sp³-hybridized carbons (Fsp3) is 0.167. The average Bonchev–Trinajstić information content (AvgIpc) is 2.05. The van der Waals surface area contributed by atoms with E-state index in [0.717, 1.165) is 22.7 Å². The summed E-state index contributed by atoms with van der Waals surface area (Å²) in [5.74, 6) is 0. The van der Waals surface area contributed by atoms with Crippen LogP contribution in [0.1, 0.15) is 5.69 Å². The van der Waals surface area contributed by atoms with Crippen molar-refractivity contribution in [1.82, 2.24) is 4.98 Å². The quantitative estimate of drug-likeness (QED) is 0.611. The molecule has 0 spiro atoms. The van der Waals surface area contributed by atoms with Crippen molar-refractivity contribution < 1.29 is 0 Å². The first-order valence-electron chi connectivity index (χ1n) is 2.89. The number of nitrogens with zero attached hydrogens (tertiary/aromatic N) is 1. The summed E-state index contributed by atoms with van der Waals surface area (Å²) in [7, 11) is 0. The zero-order valence-corrected chi connectivity index (χ0v) is 6.27. The maximum atomic E-state index is 5.36. The molecule has 0 atom stereocenters. The first-order chi connectivity index (χ1) is 4.86. The molecule has 0 aliphatic rings. The van der Waals surface area contributed by atoms with Gasteiger partial charge in [-0.15, -0.1) is 0 Å². The van der Waals surface area contributed by atoms with Crippen LogP contribution in [-0.2, 0) is 6.54 Å². The molecule has 0 amide bonds. The number of nitrogens with two attached hydrogens (primary N) is 2. The Labute approximate surface area is 64.0 Å². The van der Waals surface area contributed by atoms with Crippen LogP contribution in [0, 0.1) is 0 Å². The normalized spacial score (nSPS) is 9.80. The minimum atomic E-state index is 0.467. The van der Waals surface area contributed by atoms with Gasteiger partial charge in [-0.05, 0) is 24.1 Å². The number of rotatable bonds is 2. The fourth-order valence-electron chi connectivity index (χ4n) is 0.637. The van der Waals surface area contributed by atoms with E-state index in [-0.39, 0.29) is 0 Å². The molecule has 0 bridgehead atoms. The van der Waals surface area contributed by atoms with E-state index >= 15 is 0 Å². The molecule has 54 valence electrons. The smallest absolute Gasteiger partial charge is 0.111 e. The molecule has 0 saturated heterocycles. The van der Waals surface area contributed by atoms with E-state index in [1.807, 2.05) is 18.2 Å². The highest BCUT2D eigenvalue weighted by Gasteiger charge is 1.92. The first kappa shape index (κ1) is 7.53. The van der Waals surface area contributed by atoms with Gasteiger partial charge in [0.15, 0.2) is 0 Å². The Hall–Kier alpha value is -0.580. The largest absolute Gasteiger partial charge is 0.325 e. The number of hydrogen-bond acceptors (Lipinski definition) is 4. The van der Waals surface area contributed by atoms with Gasteiger partial charge in [-0.3, -0.25) is 5.14 Å². The van der Waals surface area contributed by atoms with Crippen molar-refractivity contribution in [2.75, 3.05) is 0 Å². The minimum absolute atomic E-state index is 0.467. The highest BCUT2D eigenvalue weighted by Crippen LogP contribution is 2.07. The molecule has 0 aromatic carbocycles. The Morgan fingerprint density at radius 1 is 1.50 bits per heavy atom. The number of hydrogen-bond donors (Lipinski definition) is 2. The van der Waals surface area contributed by atoms with Crippen LogP contribution in [0.4, 0.5) is 0 Å². The van der Waals surface area contributed by atoms with Crippen molar-refractivity contribution in [2.45, 2.75) is 11.6 Å². The third-order valence-corrected chi connectivity index (χ3v) is 1.58. The average molecular weight is 155 g/mol. The van der Waals surface area contributed by atoms with Gasteiger partial charge >= 0.3 is 0 Å². The van der Waals surface area contributed by atoms with Crippen molar-refractivity contribution in [2.24, 2.45) is 10.9 Å². The van der Waals surface area contributed by atoms with E-state index in [1.165, 1.54) is 0 Å². The highest BCUT2D eigenvalue weighted by atomic mass is 32.2. The molecule has 1 aromatic rings. The molecule has 4 N–H and O–H groups in total. The van der Waals surface area contributed by atoms with Crippen LogP contribution in [0.5, 0.6) is 0 Å². The molecule has 0 unspecified atom stereocenters. The van der Waals surface area contributed by atoms with Gasteiger partial charge in [-0.25, -0.2) is 4.98 Å². The molecule has 10 heavy (non-hydrogen) atoms. The standard InChI is InChI=1S/C6H9N3S/c7-4-5-2-1-3-6(9-5)10-8/h1-3H,4,7-8H2. The Balaban J connectivity index is 2.87. The van der Waals surface area contributed by atoms with E-state index in [1.54, 1.807) is 0 Å². The SMILES string of the molecule is NCc1cccc(SN)n1. The molecule has 0 radical (unpaired) electrons. The molecule has 0 fully saturated rings. The van der Waals surface area contributed by atoms with Gasteiger partial charge in [0.2, 0.25) is 0 Å². The van der Waals surface area contributed by atoms with Crippen LogP contribution in [0.25, 0.3) is 0 Å². The molecular weight excluding hydrogens is 146 g/mol. The van der Waals surface area contributed by atoms with Gasteiger partial charge < -0.3 is 5.73 Å². The predicted molar refractivity (Wildman–Crippen MR) is 42.2 cm³/mol. The van der Waals surface area contributed by atoms with Crippen molar-refractivity contribution in [3.63, 3.8) is 0 Å². The van der Waals surface area contributed by atoms with E-state index in [0.29, 0.717) is 6.54 Å². The highest BCUT2D eigenvalue weighted by molar-refractivity contribution is 7.97. The van der Waals surface area contributed by atoms with E-state index in [9.17, 15) is 0 Å². The van der Waals surface area contributed by atoms with Gasteiger partial charge in [0.05, 0.1) is 5.69 Å². The third-order valence-electron chi connectivity index (χ3n) is 1.11. The summed E-state index contributed by atoms with van der Waals surface area (Å²) in [6.07, 6.45) is 0. The summed E-state index contributed by atoms with van der Waals surface area (Å²) in [4.78, 5) is 4.12. The van der Waals surface area contributed by atoms with Crippen molar-refractivity contribution in [3.8, 4) is 0 Å². The lowest BCUT2D eigenvalue weighted by atomic mass is 10.4. The van der Waals surface area contributed by atoms with Gasteiger partial charge in [-0.1, -0.05) is 6.07 Å². The summed E-state index contributed by atoms with van der Waals surface area (Å²) in [5, 5.41) is 6.10. The maximum absolute atomic E-state index is 5.36. The van der Waals surface area contributed by atoms with E-state index in [2.05, 4.69) is 4.98 Å². The summed E-state index contributed by atoms with van der Waals surface area (Å²) in [6, 6.07) is 5.62. The summed E-state index contributed by atoms with van der Waals surface area (Å²) < 4.78 is 0. The molecule has 1 aromatic heterocycles. The van der Waals surface area contributed by atoms with Crippen molar-refractivity contribution in [3.05, 3.63) is 23.9 Å². The lowest BCUT2D eigenvalue weighted by Crippen LogP contribution is -1.99. The monoisotopic (exact) mass is 155 g/mol. The Morgan fingerprint density at radius 2 is 2.30 bits per heavy atom. The fourth-order valence-corrected chi connectivity index (χ4v) is 0.964. The van der Waals surface area contributed by atoms with Crippen LogP contribution in [0.3, 0.4) is 0 Å². The summed E-state index contributed by atoms with van der Waals surface area (Å²) >= 11 is 1.13. The topological polar surface area (TPSA) is 64.9 Å². The molecule has 4 heteroatoms. The molecule has 1 rings (SSSR count). The summed E-state index contributed by atoms with van der Waals surface area (Å²) in [6.45, 7) is 0.467. The third kappa shape index (κ3) is 1.70. The molecule has 0 aliphatic carbocycles. The second-order valence-electron chi connectivity index (χ2n) is 1.79. The van der Waals surface area contributed by atoms with Crippen LogP contribution in [0.2, 0.25) is 0 Å². The minimum Gasteiger partial charge on any atom is -0.325 e. The van der Waals surface area contributed by atoms with Gasteiger partial charge in [0, 0.05) is 6.54 Å². The maximum Gasteiger partial charge on any atom is 0.111 e. The lowest BCUT2D eigenvalue weighted by molar-refractivity contribution is 0.942. The van der Waals surface area contributed by atoms with Gasteiger partial charge in [0.1, 0.15) is 5.03 Å².